The van der Waals surface area contributed by atoms with Gasteiger partial charge >= 0.3 is 0 Å². The molecule has 160 valence electrons. The van der Waals surface area contributed by atoms with Crippen LogP contribution in [0.25, 0.3) is 33.3 Å². The van der Waals surface area contributed by atoms with Crippen molar-refractivity contribution in [2.45, 2.75) is 40.3 Å². The average Bonchev–Trinajstić information content (AvgIpc) is 3.30. The fraction of sp³-hybridized carbons (Fsp3) is 0.250. The summed E-state index contributed by atoms with van der Waals surface area (Å²) in [5, 5.41) is 0.579. The Balaban J connectivity index is 1.85. The number of benzene rings is 1. The third-order valence-corrected chi connectivity index (χ3v) is 5.02. The van der Waals surface area contributed by atoms with Crippen molar-refractivity contribution in [2.24, 2.45) is 5.92 Å². The molecule has 0 saturated heterocycles. The van der Waals surface area contributed by atoms with E-state index in [-0.39, 0.29) is 50.5 Å². The molecule has 0 amide bonds. The van der Waals surface area contributed by atoms with Crippen molar-refractivity contribution >= 4 is 22.1 Å². The third-order valence-electron chi connectivity index (χ3n) is 5.02. The van der Waals surface area contributed by atoms with Gasteiger partial charge in [0.25, 0.3) is 0 Å². The van der Waals surface area contributed by atoms with Crippen LogP contribution in [0.5, 0.6) is 0 Å². The van der Waals surface area contributed by atoms with Crippen molar-refractivity contribution < 1.29 is 18.1 Å². The molecule has 0 bridgehead atoms. The lowest BCUT2D eigenvalue weighted by Crippen LogP contribution is -2.00. The number of hydrogen-bond donors (Lipinski definition) is 0. The van der Waals surface area contributed by atoms with Gasteiger partial charge in [0.2, 0.25) is 5.71 Å². The lowest BCUT2D eigenvalue weighted by molar-refractivity contribution is 0.644. The van der Waals surface area contributed by atoms with Crippen molar-refractivity contribution in [1.29, 1.82) is 0 Å². The van der Waals surface area contributed by atoms with Gasteiger partial charge in [0, 0.05) is 38.2 Å². The summed E-state index contributed by atoms with van der Waals surface area (Å²) in [7, 11) is 0. The number of rotatable bonds is 5. The maximum absolute atomic E-state index is 9.01. The van der Waals surface area contributed by atoms with Crippen LogP contribution in [-0.4, -0.2) is 15.0 Å². The molecule has 0 unspecified atom stereocenters. The summed E-state index contributed by atoms with van der Waals surface area (Å²) in [4.78, 5) is 13.1. The molecule has 0 saturated carbocycles. The maximum Gasteiger partial charge on any atom is 0.227 e. The van der Waals surface area contributed by atoms with Gasteiger partial charge in [-0.05, 0) is 60.9 Å². The molecule has 5 rings (SSSR count). The van der Waals surface area contributed by atoms with Crippen LogP contribution in [0.15, 0.2) is 65.3 Å². The maximum atomic E-state index is 9.01. The summed E-state index contributed by atoms with van der Waals surface area (Å²) in [5.74, 6) is -0.568. The monoisotopic (exact) mass is 431 g/mol. The van der Waals surface area contributed by atoms with Crippen LogP contribution in [0.2, 0.25) is 0 Å². The molecule has 0 N–H and O–H groups in total. The van der Waals surface area contributed by atoms with Gasteiger partial charge in [-0.2, -0.15) is 0 Å². The first-order valence-corrected chi connectivity index (χ1v) is 10.2. The quantitative estimate of drug-likeness (QED) is 0.305. The van der Waals surface area contributed by atoms with Crippen LogP contribution in [0.4, 0.5) is 0 Å². The zero-order valence-corrected chi connectivity index (χ0v) is 17.6. The molecule has 4 nitrogen and oxygen atoms in total. The fourth-order valence-electron chi connectivity index (χ4n) is 3.62. The van der Waals surface area contributed by atoms with Crippen LogP contribution >= 0.6 is 0 Å². The number of aromatic nitrogens is 3. The van der Waals surface area contributed by atoms with Crippen molar-refractivity contribution in [3.8, 4) is 11.3 Å². The molecule has 0 radical (unpaired) electrons. The molecule has 1 aromatic carbocycles. The number of pyridine rings is 3. The van der Waals surface area contributed by atoms with Gasteiger partial charge in [-0.1, -0.05) is 44.2 Å². The minimum Gasteiger partial charge on any atom is -0.437 e. The Labute approximate surface area is 202 Å². The van der Waals surface area contributed by atoms with E-state index < -0.39 is 32.4 Å². The van der Waals surface area contributed by atoms with Crippen LogP contribution in [0.3, 0.4) is 0 Å². The number of aryl methyl sites for hydroxylation is 2. The van der Waals surface area contributed by atoms with Crippen molar-refractivity contribution in [1.82, 2.24) is 15.0 Å². The summed E-state index contributed by atoms with van der Waals surface area (Å²) in [5.41, 5.74) is 0.310. The van der Waals surface area contributed by atoms with Crippen LogP contribution in [-0.2, 0) is 12.7 Å². The molecule has 5 aromatic rings. The predicted molar refractivity (Wildman–Crippen MR) is 130 cm³/mol. The number of furan rings is 1. The van der Waals surface area contributed by atoms with E-state index in [9.17, 15) is 0 Å². The third kappa shape index (κ3) is 3.77. The Morgan fingerprint density at radius 1 is 1.03 bits per heavy atom. The smallest absolute Gasteiger partial charge is 0.227 e. The second kappa shape index (κ2) is 8.19. The Morgan fingerprint density at radius 2 is 1.91 bits per heavy atom. The van der Waals surface area contributed by atoms with Crippen LogP contribution < -0.4 is 0 Å². The highest BCUT2D eigenvalue weighted by Gasteiger charge is 2.19. The van der Waals surface area contributed by atoms with E-state index in [2.05, 4.69) is 15.0 Å². The highest BCUT2D eigenvalue weighted by molar-refractivity contribution is 6.09. The molecule has 4 heteroatoms. The molecule has 0 atom stereocenters. The van der Waals surface area contributed by atoms with Crippen molar-refractivity contribution in [3.63, 3.8) is 0 Å². The van der Waals surface area contributed by atoms with E-state index in [4.69, 9.17) is 18.1 Å². The minimum absolute atomic E-state index is 0.00600. The van der Waals surface area contributed by atoms with E-state index in [0.29, 0.717) is 10.9 Å². The largest absolute Gasteiger partial charge is 0.437 e. The lowest BCUT2D eigenvalue weighted by Gasteiger charge is -2.11. The number of nitrogens with zero attached hydrogens (tertiary/aromatic N) is 3. The Morgan fingerprint density at radius 3 is 2.69 bits per heavy atom. The second-order valence-corrected chi connectivity index (χ2v) is 7.78. The zero-order valence-electron chi connectivity index (χ0n) is 27.6. The molecule has 4 aromatic heterocycles. The number of fused-ring (bicyclic) bond motifs is 3. The summed E-state index contributed by atoms with van der Waals surface area (Å²) in [6.07, 6.45) is -1.66. The molecule has 0 aliphatic rings. The van der Waals surface area contributed by atoms with E-state index in [1.54, 1.807) is 44.2 Å². The molecular formula is C28H27N3O. The van der Waals surface area contributed by atoms with E-state index >= 15 is 0 Å². The standard InChI is InChI=1S/C28H27N3O/c1-17(2)12-21-14-24(29-15-18(21)3)23-16-30-25(13-20-8-6-5-7-9-20)26-22-11-10-19(4)31-28(22)32-27(23)26/h5-11,14-17H,12-13H2,1-4H3/i3D3,4D3,12D2,13D2. The fourth-order valence-corrected chi connectivity index (χ4v) is 3.62. The Hall–Kier alpha value is -3.53. The highest BCUT2D eigenvalue weighted by Crippen LogP contribution is 2.37. The molecule has 0 spiro atoms. The van der Waals surface area contributed by atoms with E-state index in [1.807, 2.05) is 0 Å². The SMILES string of the molecule is [2H]C([2H])([2H])c1ccc2c(n1)oc1c(-c3cc(C([2H])([2H])C(C)C)c(C([2H])([2H])[2H])cn3)cnc(C([2H])([2H])c3ccccc3)c12. The van der Waals surface area contributed by atoms with Crippen LogP contribution in [0.1, 0.15) is 55.6 Å². The van der Waals surface area contributed by atoms with Gasteiger partial charge in [0.15, 0.2) is 0 Å². The highest BCUT2D eigenvalue weighted by atomic mass is 16.3. The average molecular weight is 432 g/mol. The molecule has 0 fully saturated rings. The summed E-state index contributed by atoms with van der Waals surface area (Å²) in [6.45, 7) is -1.84. The van der Waals surface area contributed by atoms with Gasteiger partial charge in [-0.15, -0.1) is 0 Å². The summed E-state index contributed by atoms with van der Waals surface area (Å²) >= 11 is 0. The molecule has 0 aliphatic carbocycles. The predicted octanol–water partition coefficient (Wildman–Crippen LogP) is 6.84. The Bertz CT molecular complexity index is 1790. The van der Waals surface area contributed by atoms with Gasteiger partial charge < -0.3 is 4.42 Å². The first-order valence-electron chi connectivity index (χ1n) is 15.2. The van der Waals surface area contributed by atoms with Crippen molar-refractivity contribution in [2.75, 3.05) is 0 Å². The van der Waals surface area contributed by atoms with E-state index in [0.717, 1.165) is 6.20 Å². The lowest BCUT2D eigenvalue weighted by atomic mass is 9.97. The van der Waals surface area contributed by atoms with Crippen molar-refractivity contribution in [3.05, 3.63) is 89.0 Å². The minimum atomic E-state index is -2.62. The second-order valence-electron chi connectivity index (χ2n) is 7.78. The van der Waals surface area contributed by atoms with Crippen LogP contribution in [0, 0.1) is 19.6 Å². The first kappa shape index (κ1) is 11.9. The summed E-state index contributed by atoms with van der Waals surface area (Å²) in [6, 6.07) is 12.6. The molecular weight excluding hydrogens is 394 g/mol. The summed E-state index contributed by atoms with van der Waals surface area (Å²) < 4.78 is 88.7. The van der Waals surface area contributed by atoms with Gasteiger partial charge in [0.05, 0.1) is 27.7 Å². The molecule has 32 heavy (non-hydrogen) atoms. The first-order chi connectivity index (χ1) is 19.4. The molecule has 4 heterocycles. The van der Waals surface area contributed by atoms with E-state index in [1.165, 1.54) is 24.4 Å². The number of hydrogen-bond acceptors (Lipinski definition) is 4. The van der Waals surface area contributed by atoms with Gasteiger partial charge in [0.1, 0.15) is 5.58 Å². The van der Waals surface area contributed by atoms with Gasteiger partial charge in [-0.25, -0.2) is 4.98 Å². The molecule has 0 aliphatic heterocycles. The topological polar surface area (TPSA) is 51.8 Å². The normalized spacial score (nSPS) is 18.0. The zero-order chi connectivity index (χ0) is 30.8. The van der Waals surface area contributed by atoms with Gasteiger partial charge in [-0.3, -0.25) is 9.97 Å². The Kier molecular flexibility index (Phi) is 3.05.